The van der Waals surface area contributed by atoms with Crippen molar-refractivity contribution < 1.29 is 22.4 Å². The maximum Gasteiger partial charge on any atom is 0.177 e. The van der Waals surface area contributed by atoms with Crippen LogP contribution >= 0.6 is 0 Å². The Morgan fingerprint density at radius 1 is 1.03 bits per heavy atom. The predicted molar refractivity (Wildman–Crippen MR) is 127 cm³/mol. The SMILES string of the molecule is C[N+]1(CCOc2ccc(C(=O)CS(C)(=O)=O)cc2)CC(CC[C@@H]2C[C@H]2c2ccccc2)C1. The minimum Gasteiger partial charge on any atom is -0.488 e. The third-order valence-electron chi connectivity index (χ3n) is 6.96. The zero-order valence-electron chi connectivity index (χ0n) is 19.1. The van der Waals surface area contributed by atoms with Gasteiger partial charge in [0.25, 0.3) is 0 Å². The summed E-state index contributed by atoms with van der Waals surface area (Å²) >= 11 is 0. The number of ketones is 1. The van der Waals surface area contributed by atoms with E-state index in [0.29, 0.717) is 17.9 Å². The summed E-state index contributed by atoms with van der Waals surface area (Å²) in [6.45, 7) is 4.07. The Hall–Kier alpha value is -2.18. The number of ether oxygens (including phenoxy) is 1. The molecule has 32 heavy (non-hydrogen) atoms. The first-order valence-electron chi connectivity index (χ1n) is 11.5. The lowest BCUT2D eigenvalue weighted by atomic mass is 9.90. The molecule has 6 heteroatoms. The Bertz CT molecular complexity index is 1030. The molecule has 1 saturated carbocycles. The zero-order valence-corrected chi connectivity index (χ0v) is 19.9. The van der Waals surface area contributed by atoms with Crippen molar-refractivity contribution in [3.63, 3.8) is 0 Å². The minimum absolute atomic E-state index is 0.384. The summed E-state index contributed by atoms with van der Waals surface area (Å²) < 4.78 is 29.5. The summed E-state index contributed by atoms with van der Waals surface area (Å²) in [5, 5.41) is 0. The van der Waals surface area contributed by atoms with Crippen molar-refractivity contribution in [2.75, 3.05) is 45.3 Å². The molecular weight excluding hydrogens is 422 g/mol. The van der Waals surface area contributed by atoms with Crippen LogP contribution in [0.1, 0.15) is 41.1 Å². The van der Waals surface area contributed by atoms with Crippen LogP contribution in [0.3, 0.4) is 0 Å². The fraction of sp³-hybridized carbons (Fsp3) is 0.500. The van der Waals surface area contributed by atoms with Crippen molar-refractivity contribution in [1.29, 1.82) is 0 Å². The van der Waals surface area contributed by atoms with Crippen LogP contribution in [-0.4, -0.2) is 64.0 Å². The molecule has 1 aliphatic heterocycles. The molecule has 5 nitrogen and oxygen atoms in total. The summed E-state index contributed by atoms with van der Waals surface area (Å²) in [4.78, 5) is 12.0. The highest BCUT2D eigenvalue weighted by atomic mass is 32.2. The van der Waals surface area contributed by atoms with E-state index in [1.807, 2.05) is 0 Å². The van der Waals surface area contributed by atoms with E-state index < -0.39 is 15.6 Å². The second kappa shape index (κ2) is 9.36. The van der Waals surface area contributed by atoms with Gasteiger partial charge in [-0.3, -0.25) is 4.79 Å². The van der Waals surface area contributed by atoms with Crippen molar-refractivity contribution in [2.45, 2.75) is 25.2 Å². The van der Waals surface area contributed by atoms with Crippen LogP contribution in [-0.2, 0) is 9.84 Å². The Kier molecular flexibility index (Phi) is 6.72. The minimum atomic E-state index is -3.32. The molecule has 2 aromatic rings. The van der Waals surface area contributed by atoms with Crippen molar-refractivity contribution >= 4 is 15.6 Å². The molecule has 0 radical (unpaired) electrons. The first-order valence-corrected chi connectivity index (χ1v) is 13.6. The van der Waals surface area contributed by atoms with E-state index in [9.17, 15) is 13.2 Å². The number of carbonyl (C=O) groups excluding carboxylic acids is 1. The van der Waals surface area contributed by atoms with Gasteiger partial charge >= 0.3 is 0 Å². The van der Waals surface area contributed by atoms with Gasteiger partial charge in [-0.2, -0.15) is 0 Å². The summed E-state index contributed by atoms with van der Waals surface area (Å²) in [7, 11) is -1.02. The van der Waals surface area contributed by atoms with Gasteiger partial charge < -0.3 is 9.22 Å². The highest BCUT2D eigenvalue weighted by Crippen LogP contribution is 2.50. The van der Waals surface area contributed by atoms with Crippen LogP contribution < -0.4 is 4.74 Å². The number of likely N-dealkylation sites (tertiary alicyclic amines) is 1. The lowest BCUT2D eigenvalue weighted by molar-refractivity contribution is -0.956. The van der Waals surface area contributed by atoms with Crippen molar-refractivity contribution in [3.05, 3.63) is 65.7 Å². The second-order valence-corrected chi connectivity index (χ2v) is 12.2. The van der Waals surface area contributed by atoms with Crippen LogP contribution in [0.5, 0.6) is 5.75 Å². The lowest BCUT2D eigenvalue weighted by Gasteiger charge is -2.47. The quantitative estimate of drug-likeness (QED) is 0.379. The maximum absolute atomic E-state index is 12.0. The average molecular weight is 457 g/mol. The van der Waals surface area contributed by atoms with Gasteiger partial charge in [-0.1, -0.05) is 30.3 Å². The summed E-state index contributed by atoms with van der Waals surface area (Å²) in [5.74, 6) is 2.37. The number of hydrogen-bond acceptors (Lipinski definition) is 4. The molecule has 2 aromatic carbocycles. The molecule has 2 fully saturated rings. The van der Waals surface area contributed by atoms with Crippen LogP contribution in [0, 0.1) is 11.8 Å². The standard InChI is InChI=1S/C26H34NO4S/c1-27(14-15-31-24-12-10-22(11-13-24)26(28)19-32(2,29)30)17-20(18-27)8-9-23-16-25(23)21-6-4-3-5-7-21/h3-7,10-13,20,23,25H,8-9,14-19H2,1-2H3/q+1/t20?,23-,25+,27?/m1/s1. The van der Waals surface area contributed by atoms with Crippen molar-refractivity contribution in [3.8, 4) is 5.75 Å². The number of hydrogen-bond donors (Lipinski definition) is 0. The first-order chi connectivity index (χ1) is 15.2. The molecule has 0 N–H and O–H groups in total. The molecule has 0 unspecified atom stereocenters. The molecule has 4 rings (SSSR count). The topological polar surface area (TPSA) is 60.4 Å². The third-order valence-corrected chi connectivity index (χ3v) is 7.75. The van der Waals surface area contributed by atoms with E-state index in [1.54, 1.807) is 24.3 Å². The molecule has 0 spiro atoms. The Morgan fingerprint density at radius 2 is 1.72 bits per heavy atom. The number of sulfone groups is 1. The molecule has 1 heterocycles. The second-order valence-electron chi connectivity index (χ2n) is 10.0. The van der Waals surface area contributed by atoms with Crippen LogP contribution in [0.4, 0.5) is 0 Å². The maximum atomic E-state index is 12.0. The Morgan fingerprint density at radius 3 is 2.38 bits per heavy atom. The van der Waals surface area contributed by atoms with E-state index >= 15 is 0 Å². The van der Waals surface area contributed by atoms with E-state index in [4.69, 9.17) is 4.74 Å². The lowest BCUT2D eigenvalue weighted by Crippen LogP contribution is -2.62. The van der Waals surface area contributed by atoms with Crippen LogP contribution in [0.25, 0.3) is 0 Å². The molecular formula is C26H34NO4S+. The number of Topliss-reactive ketones (excluding diaryl/α,β-unsaturated/α-hetero) is 1. The number of rotatable bonds is 11. The van der Waals surface area contributed by atoms with Crippen LogP contribution in [0.15, 0.2) is 54.6 Å². The summed E-state index contributed by atoms with van der Waals surface area (Å²) in [6.07, 6.45) is 5.12. The van der Waals surface area contributed by atoms with Gasteiger partial charge in [-0.15, -0.1) is 0 Å². The van der Waals surface area contributed by atoms with Crippen molar-refractivity contribution in [1.82, 2.24) is 0 Å². The van der Waals surface area contributed by atoms with Crippen molar-refractivity contribution in [2.24, 2.45) is 11.8 Å². The van der Waals surface area contributed by atoms with Crippen LogP contribution in [0.2, 0.25) is 0 Å². The summed E-state index contributed by atoms with van der Waals surface area (Å²) in [5.41, 5.74) is 1.91. The highest BCUT2D eigenvalue weighted by Gasteiger charge is 2.43. The number of nitrogens with zero attached hydrogens (tertiary/aromatic N) is 1. The predicted octanol–water partition coefficient (Wildman–Crippen LogP) is 3.95. The number of benzene rings is 2. The molecule has 172 valence electrons. The largest absolute Gasteiger partial charge is 0.488 e. The fourth-order valence-corrected chi connectivity index (χ4v) is 5.77. The average Bonchev–Trinajstić information content (AvgIpc) is 3.50. The van der Waals surface area contributed by atoms with E-state index in [2.05, 4.69) is 37.4 Å². The number of quaternary nitrogens is 1. The first kappa shape index (κ1) is 23.0. The molecule has 0 aromatic heterocycles. The van der Waals surface area contributed by atoms with E-state index in [-0.39, 0.29) is 5.78 Å². The van der Waals surface area contributed by atoms with Gasteiger partial charge in [0.15, 0.2) is 15.6 Å². The molecule has 1 saturated heterocycles. The number of carbonyl (C=O) groups is 1. The molecule has 2 atom stereocenters. The molecule has 0 bridgehead atoms. The van der Waals surface area contributed by atoms with Gasteiger partial charge in [-0.05, 0) is 60.9 Å². The molecule has 0 amide bonds. The Labute approximate surface area is 191 Å². The van der Waals surface area contributed by atoms with Gasteiger partial charge in [0.1, 0.15) is 24.7 Å². The molecule has 1 aliphatic carbocycles. The Balaban J connectivity index is 1.13. The normalized spacial score (nSPS) is 26.9. The van der Waals surface area contributed by atoms with Gasteiger partial charge in [-0.25, -0.2) is 8.42 Å². The van der Waals surface area contributed by atoms with Gasteiger partial charge in [0, 0.05) is 11.8 Å². The van der Waals surface area contributed by atoms with E-state index in [0.717, 1.165) is 35.0 Å². The smallest absolute Gasteiger partial charge is 0.177 e. The summed E-state index contributed by atoms with van der Waals surface area (Å²) in [6, 6.07) is 17.7. The highest BCUT2D eigenvalue weighted by molar-refractivity contribution is 7.91. The van der Waals surface area contributed by atoms with Gasteiger partial charge in [0.2, 0.25) is 0 Å². The number of likely N-dealkylation sites (N-methyl/N-ethyl adjacent to an activating group) is 1. The zero-order chi connectivity index (χ0) is 22.8. The molecule has 2 aliphatic rings. The fourth-order valence-electron chi connectivity index (χ4n) is 5.13. The van der Waals surface area contributed by atoms with Gasteiger partial charge in [0.05, 0.1) is 26.1 Å². The van der Waals surface area contributed by atoms with E-state index in [1.165, 1.54) is 37.9 Å². The monoisotopic (exact) mass is 456 g/mol. The third kappa shape index (κ3) is 6.20.